The summed E-state index contributed by atoms with van der Waals surface area (Å²) in [5.41, 5.74) is -0.933. The summed E-state index contributed by atoms with van der Waals surface area (Å²) in [5, 5.41) is 8.70. The summed E-state index contributed by atoms with van der Waals surface area (Å²) >= 11 is 5.81. The smallest absolute Gasteiger partial charge is 0.291 e. The van der Waals surface area contributed by atoms with Gasteiger partial charge in [-0.05, 0) is 30.5 Å². The number of ether oxygens (including phenoxy) is 1. The van der Waals surface area contributed by atoms with E-state index >= 15 is 0 Å². The number of carbonyl (C=O) groups excluding carboxylic acids is 1. The van der Waals surface area contributed by atoms with Crippen LogP contribution in [0, 0.1) is 5.82 Å². The number of carbonyl (C=O) groups is 1. The van der Waals surface area contributed by atoms with Gasteiger partial charge in [-0.25, -0.2) is 9.37 Å². The van der Waals surface area contributed by atoms with E-state index in [0.29, 0.717) is 24.9 Å². The number of hydrogen-bond acceptors (Lipinski definition) is 6. The summed E-state index contributed by atoms with van der Waals surface area (Å²) in [4.78, 5) is 46.8. The topological polar surface area (TPSA) is 118 Å². The van der Waals surface area contributed by atoms with E-state index in [9.17, 15) is 18.8 Å². The lowest BCUT2D eigenvalue weighted by molar-refractivity contribution is 0.0786. The van der Waals surface area contributed by atoms with Gasteiger partial charge in [-0.15, -0.1) is 0 Å². The maximum atomic E-state index is 13.4. The number of aliphatic hydroxyl groups is 1. The zero-order valence-corrected chi connectivity index (χ0v) is 18.3. The monoisotopic (exact) mass is 464 g/mol. The second-order valence-corrected chi connectivity index (χ2v) is 7.58. The number of halogens is 2. The molecule has 32 heavy (non-hydrogen) atoms. The summed E-state index contributed by atoms with van der Waals surface area (Å²) in [5.74, 6) is -1.37. The number of aromatic nitrogens is 3. The number of fused-ring (bicyclic) bond motifs is 1. The van der Waals surface area contributed by atoms with Gasteiger partial charge in [0.25, 0.3) is 17.0 Å². The molecule has 170 valence electrons. The molecule has 3 rings (SSSR count). The molecule has 1 aromatic carbocycles. The third-order valence-corrected chi connectivity index (χ3v) is 5.24. The molecule has 0 atom stereocenters. The van der Waals surface area contributed by atoms with Crippen LogP contribution in [0.3, 0.4) is 0 Å². The molecule has 0 unspecified atom stereocenters. The molecule has 2 heterocycles. The van der Waals surface area contributed by atoms with Crippen molar-refractivity contribution < 1.29 is 19.0 Å². The molecule has 0 aliphatic carbocycles. The molecule has 0 aliphatic heterocycles. The molecule has 0 spiro atoms. The van der Waals surface area contributed by atoms with E-state index in [4.69, 9.17) is 21.4 Å². The van der Waals surface area contributed by atoms with E-state index in [-0.39, 0.29) is 40.5 Å². The highest BCUT2D eigenvalue weighted by molar-refractivity contribution is 6.30. The predicted octanol–water partition coefficient (Wildman–Crippen LogP) is 1.78. The Morgan fingerprint density at radius 2 is 2.09 bits per heavy atom. The van der Waals surface area contributed by atoms with E-state index < -0.39 is 22.8 Å². The molecule has 0 bridgehead atoms. The summed E-state index contributed by atoms with van der Waals surface area (Å²) in [6.07, 6.45) is 2.33. The maximum Gasteiger partial charge on any atom is 0.291 e. The molecule has 0 aliphatic rings. The quantitative estimate of drug-likeness (QED) is 0.491. The van der Waals surface area contributed by atoms with Crippen LogP contribution in [0.4, 0.5) is 4.39 Å². The second-order valence-electron chi connectivity index (χ2n) is 7.17. The average molecular weight is 465 g/mol. The van der Waals surface area contributed by atoms with Crippen molar-refractivity contribution in [3.8, 4) is 5.75 Å². The van der Waals surface area contributed by atoms with Gasteiger partial charge in [-0.3, -0.25) is 19.0 Å². The molecule has 0 saturated heterocycles. The minimum Gasteiger partial charge on any atom is -0.490 e. The third-order valence-electron chi connectivity index (χ3n) is 4.95. The first-order valence-electron chi connectivity index (χ1n) is 9.78. The van der Waals surface area contributed by atoms with E-state index in [1.165, 1.54) is 41.1 Å². The van der Waals surface area contributed by atoms with Crippen LogP contribution in [0.5, 0.6) is 5.75 Å². The Bertz CT molecular complexity index is 1270. The molecular weight excluding hydrogens is 443 g/mol. The fraction of sp³-hybridized carbons (Fsp3) is 0.333. The van der Waals surface area contributed by atoms with Crippen LogP contribution in [0.2, 0.25) is 5.02 Å². The van der Waals surface area contributed by atoms with Gasteiger partial charge in [0.15, 0.2) is 5.75 Å². The first kappa shape index (κ1) is 23.4. The first-order chi connectivity index (χ1) is 15.3. The Kier molecular flexibility index (Phi) is 7.26. The maximum absolute atomic E-state index is 13.4. The third kappa shape index (κ3) is 4.66. The number of benzene rings is 1. The normalized spacial score (nSPS) is 11.0. The lowest BCUT2D eigenvalue weighted by Gasteiger charge is -2.18. The number of pyridine rings is 1. The molecule has 11 heteroatoms. The van der Waals surface area contributed by atoms with E-state index in [1.807, 2.05) is 0 Å². The number of methoxy groups -OCH3 is 1. The average Bonchev–Trinajstić information content (AvgIpc) is 2.77. The van der Waals surface area contributed by atoms with Crippen molar-refractivity contribution >= 4 is 28.4 Å². The predicted molar refractivity (Wildman–Crippen MR) is 117 cm³/mol. The largest absolute Gasteiger partial charge is 0.490 e. The summed E-state index contributed by atoms with van der Waals surface area (Å²) in [7, 11) is 2.79. The molecule has 3 aromatic rings. The van der Waals surface area contributed by atoms with Gasteiger partial charge in [0.1, 0.15) is 22.4 Å². The van der Waals surface area contributed by atoms with E-state index in [0.717, 1.165) is 0 Å². The number of H-pyrrole nitrogens is 1. The van der Waals surface area contributed by atoms with Crippen LogP contribution in [0.15, 0.2) is 34.1 Å². The Balaban J connectivity index is 2.10. The number of unbranched alkanes of at least 4 members (excludes halogenated alkanes) is 1. The molecule has 1 amide bonds. The molecule has 0 saturated carbocycles. The standard InChI is InChI=1S/C21H22ClFN4O5/c1-26(7-3-4-8-28)21(31)17-16-15(18(32-2)19(29)25-17)20(30)27(11-24-16)10-12-5-6-14(23)13(22)9-12/h5-6,9,11,28H,3-4,7-8,10H2,1-2H3,(H,25,29). The SMILES string of the molecule is COc1c(=O)[nH]c(C(=O)N(C)CCCCO)c2ncn(Cc3ccc(F)c(Cl)c3)c(=O)c12. The van der Waals surface area contributed by atoms with Crippen molar-refractivity contribution in [3.05, 3.63) is 67.3 Å². The fourth-order valence-electron chi connectivity index (χ4n) is 3.28. The lowest BCUT2D eigenvalue weighted by Crippen LogP contribution is -2.32. The highest BCUT2D eigenvalue weighted by Crippen LogP contribution is 2.20. The highest BCUT2D eigenvalue weighted by Gasteiger charge is 2.23. The number of aliphatic hydroxyl groups excluding tert-OH is 1. The Morgan fingerprint density at radius 1 is 1.34 bits per heavy atom. The van der Waals surface area contributed by atoms with Crippen molar-refractivity contribution in [1.82, 2.24) is 19.4 Å². The summed E-state index contributed by atoms with van der Waals surface area (Å²) in [6.45, 7) is 0.365. The van der Waals surface area contributed by atoms with E-state index in [2.05, 4.69) is 9.97 Å². The van der Waals surface area contributed by atoms with Crippen LogP contribution < -0.4 is 15.9 Å². The van der Waals surface area contributed by atoms with Crippen LogP contribution in [0.25, 0.3) is 10.9 Å². The van der Waals surface area contributed by atoms with Crippen molar-refractivity contribution in [1.29, 1.82) is 0 Å². The molecule has 0 radical (unpaired) electrons. The van der Waals surface area contributed by atoms with Gasteiger partial charge in [0.2, 0.25) is 0 Å². The molecule has 2 aromatic heterocycles. The van der Waals surface area contributed by atoms with Crippen molar-refractivity contribution in [2.24, 2.45) is 0 Å². The van der Waals surface area contributed by atoms with Gasteiger partial charge in [0, 0.05) is 20.2 Å². The second kappa shape index (κ2) is 9.92. The lowest BCUT2D eigenvalue weighted by atomic mass is 10.2. The van der Waals surface area contributed by atoms with Gasteiger partial charge in [-0.1, -0.05) is 17.7 Å². The van der Waals surface area contributed by atoms with Gasteiger partial charge >= 0.3 is 0 Å². The fourth-order valence-corrected chi connectivity index (χ4v) is 3.48. The number of nitrogens with zero attached hydrogens (tertiary/aromatic N) is 3. The number of rotatable bonds is 8. The Labute approximate surface area is 187 Å². The number of amides is 1. The molecule has 9 nitrogen and oxygen atoms in total. The van der Waals surface area contributed by atoms with Crippen molar-refractivity contribution in [3.63, 3.8) is 0 Å². The van der Waals surface area contributed by atoms with Gasteiger partial charge in [-0.2, -0.15) is 0 Å². The Hall–Kier alpha value is -3.24. The van der Waals surface area contributed by atoms with Gasteiger partial charge < -0.3 is 19.7 Å². The highest BCUT2D eigenvalue weighted by atomic mass is 35.5. The van der Waals surface area contributed by atoms with Crippen LogP contribution >= 0.6 is 11.6 Å². The molecule has 2 N–H and O–H groups in total. The minimum absolute atomic E-state index is 0.00107. The first-order valence-corrected chi connectivity index (χ1v) is 10.2. The number of aromatic amines is 1. The van der Waals surface area contributed by atoms with Crippen LogP contribution in [-0.2, 0) is 6.54 Å². The Morgan fingerprint density at radius 3 is 2.75 bits per heavy atom. The van der Waals surface area contributed by atoms with Crippen molar-refractivity contribution in [2.45, 2.75) is 19.4 Å². The van der Waals surface area contributed by atoms with Gasteiger partial charge in [0.05, 0.1) is 25.0 Å². The summed E-state index contributed by atoms with van der Waals surface area (Å²) < 4.78 is 19.8. The van der Waals surface area contributed by atoms with E-state index in [1.54, 1.807) is 7.05 Å². The molecular formula is C21H22ClFN4O5. The number of hydrogen-bond donors (Lipinski definition) is 2. The van der Waals surface area contributed by atoms with Crippen LogP contribution in [-0.4, -0.2) is 57.8 Å². The number of nitrogens with one attached hydrogen (secondary N) is 1. The zero-order valence-electron chi connectivity index (χ0n) is 17.5. The van der Waals surface area contributed by atoms with Crippen LogP contribution in [0.1, 0.15) is 28.9 Å². The zero-order chi connectivity index (χ0) is 23.4. The summed E-state index contributed by atoms with van der Waals surface area (Å²) in [6, 6.07) is 4.05. The molecule has 0 fully saturated rings. The minimum atomic E-state index is -0.742. The van der Waals surface area contributed by atoms with Crippen molar-refractivity contribution in [2.75, 3.05) is 27.3 Å².